The quantitative estimate of drug-likeness (QED) is 0.672. The second kappa shape index (κ2) is 8.74. The third kappa shape index (κ3) is 6.08. The fraction of sp³-hybridized carbons (Fsp3) is 0.588. The highest BCUT2D eigenvalue weighted by atomic mass is 16.4. The first-order valence-corrected chi connectivity index (χ1v) is 8.25. The number of piperidine rings is 1. The second-order valence-corrected chi connectivity index (χ2v) is 6.41. The maximum absolute atomic E-state index is 10.6. The van der Waals surface area contributed by atoms with Gasteiger partial charge in [0, 0.05) is 37.6 Å². The summed E-state index contributed by atoms with van der Waals surface area (Å²) in [7, 11) is 4.19. The van der Waals surface area contributed by atoms with E-state index < -0.39 is 6.09 Å². The number of nitrogens with one attached hydrogen (secondary N) is 2. The summed E-state index contributed by atoms with van der Waals surface area (Å²) < 4.78 is 0. The third-order valence-corrected chi connectivity index (χ3v) is 4.27. The van der Waals surface area contributed by atoms with Crippen LogP contribution >= 0.6 is 0 Å². The lowest BCUT2D eigenvalue weighted by Gasteiger charge is -2.34. The molecule has 0 saturated carbocycles. The van der Waals surface area contributed by atoms with Gasteiger partial charge < -0.3 is 20.2 Å². The molecule has 1 amide bonds. The standard InChI is InChI=1S/C17H28N4O2/c1-20(2)12-9-18-13-14-7-10-21(11-8-14)16-5-3-15(4-6-16)19-17(22)23/h3-6,14,18-19H,7-13H2,1-2H3,(H,22,23). The minimum absolute atomic E-state index is 0.612. The van der Waals surface area contributed by atoms with Crippen LogP contribution in [0.25, 0.3) is 0 Å². The summed E-state index contributed by atoms with van der Waals surface area (Å²) in [4.78, 5) is 15.2. The van der Waals surface area contributed by atoms with Crippen LogP contribution in [0.5, 0.6) is 0 Å². The summed E-state index contributed by atoms with van der Waals surface area (Å²) in [6.07, 6.45) is 1.37. The predicted octanol–water partition coefficient (Wildman–Crippen LogP) is 2.14. The van der Waals surface area contributed by atoms with Crippen LogP contribution in [0.3, 0.4) is 0 Å². The smallest absolute Gasteiger partial charge is 0.409 e. The molecule has 2 rings (SSSR count). The van der Waals surface area contributed by atoms with Crippen molar-refractivity contribution in [3.05, 3.63) is 24.3 Å². The van der Waals surface area contributed by atoms with Crippen LogP contribution < -0.4 is 15.5 Å². The molecular weight excluding hydrogens is 292 g/mol. The monoisotopic (exact) mass is 320 g/mol. The Morgan fingerprint density at radius 1 is 1.26 bits per heavy atom. The van der Waals surface area contributed by atoms with E-state index in [0.717, 1.165) is 38.6 Å². The van der Waals surface area contributed by atoms with Crippen molar-refractivity contribution in [2.45, 2.75) is 12.8 Å². The van der Waals surface area contributed by atoms with Crippen LogP contribution in [0.1, 0.15) is 12.8 Å². The Labute approximate surface area is 138 Å². The van der Waals surface area contributed by atoms with E-state index in [1.54, 1.807) is 0 Å². The highest BCUT2D eigenvalue weighted by molar-refractivity contribution is 5.83. The molecule has 1 heterocycles. The zero-order valence-corrected chi connectivity index (χ0v) is 14.1. The molecule has 0 atom stereocenters. The molecule has 1 aromatic carbocycles. The Morgan fingerprint density at radius 2 is 1.91 bits per heavy atom. The summed E-state index contributed by atoms with van der Waals surface area (Å²) in [5, 5.41) is 14.6. The molecule has 0 bridgehead atoms. The summed E-state index contributed by atoms with van der Waals surface area (Å²) in [5.74, 6) is 0.751. The van der Waals surface area contributed by atoms with Crippen LogP contribution in [0.15, 0.2) is 24.3 Å². The highest BCUT2D eigenvalue weighted by Crippen LogP contribution is 2.24. The SMILES string of the molecule is CN(C)CCNCC1CCN(c2ccc(NC(=O)O)cc2)CC1. The zero-order valence-electron chi connectivity index (χ0n) is 14.1. The molecule has 128 valence electrons. The molecule has 1 saturated heterocycles. The van der Waals surface area contributed by atoms with Crippen molar-refractivity contribution >= 4 is 17.5 Å². The number of hydrogen-bond donors (Lipinski definition) is 3. The van der Waals surface area contributed by atoms with Crippen LogP contribution in [0.2, 0.25) is 0 Å². The van der Waals surface area contributed by atoms with Crippen LogP contribution in [-0.2, 0) is 0 Å². The Bertz CT molecular complexity index is 482. The van der Waals surface area contributed by atoms with Crippen molar-refractivity contribution in [2.75, 3.05) is 57.0 Å². The van der Waals surface area contributed by atoms with Gasteiger partial charge in [-0.15, -0.1) is 0 Å². The summed E-state index contributed by atoms with van der Waals surface area (Å²) in [6.45, 7) is 5.35. The van der Waals surface area contributed by atoms with Crippen molar-refractivity contribution < 1.29 is 9.90 Å². The molecule has 1 fully saturated rings. The molecule has 0 spiro atoms. The van der Waals surface area contributed by atoms with Gasteiger partial charge in [0.15, 0.2) is 0 Å². The van der Waals surface area contributed by atoms with E-state index in [1.165, 1.54) is 18.5 Å². The summed E-state index contributed by atoms with van der Waals surface area (Å²) in [5.41, 5.74) is 1.78. The Balaban J connectivity index is 1.72. The first-order valence-electron chi connectivity index (χ1n) is 8.25. The lowest BCUT2D eigenvalue weighted by atomic mass is 9.96. The summed E-state index contributed by atoms with van der Waals surface area (Å²) >= 11 is 0. The van der Waals surface area contributed by atoms with E-state index in [1.807, 2.05) is 24.3 Å². The molecule has 6 nitrogen and oxygen atoms in total. The van der Waals surface area contributed by atoms with Crippen molar-refractivity contribution in [1.82, 2.24) is 10.2 Å². The zero-order chi connectivity index (χ0) is 16.7. The van der Waals surface area contributed by atoms with Crippen molar-refractivity contribution in [1.29, 1.82) is 0 Å². The number of amides is 1. The number of anilines is 2. The van der Waals surface area contributed by atoms with Crippen LogP contribution in [0, 0.1) is 5.92 Å². The average molecular weight is 320 g/mol. The normalized spacial score (nSPS) is 15.9. The minimum atomic E-state index is -1.03. The van der Waals surface area contributed by atoms with Crippen molar-refractivity contribution in [3.8, 4) is 0 Å². The molecule has 0 radical (unpaired) electrons. The van der Waals surface area contributed by atoms with E-state index in [0.29, 0.717) is 5.69 Å². The van der Waals surface area contributed by atoms with Crippen molar-refractivity contribution in [3.63, 3.8) is 0 Å². The maximum atomic E-state index is 10.6. The Morgan fingerprint density at radius 3 is 2.48 bits per heavy atom. The minimum Gasteiger partial charge on any atom is -0.465 e. The van der Waals surface area contributed by atoms with Gasteiger partial charge in [-0.05, 0) is 63.7 Å². The molecule has 23 heavy (non-hydrogen) atoms. The fourth-order valence-corrected chi connectivity index (χ4v) is 2.88. The molecule has 6 heteroatoms. The van der Waals surface area contributed by atoms with Gasteiger partial charge >= 0.3 is 6.09 Å². The van der Waals surface area contributed by atoms with Gasteiger partial charge in [0.05, 0.1) is 0 Å². The van der Waals surface area contributed by atoms with Crippen LogP contribution in [0.4, 0.5) is 16.2 Å². The molecule has 0 unspecified atom stereocenters. The predicted molar refractivity (Wildman–Crippen MR) is 94.5 cm³/mol. The third-order valence-electron chi connectivity index (χ3n) is 4.27. The number of carbonyl (C=O) groups is 1. The largest absolute Gasteiger partial charge is 0.465 e. The van der Waals surface area contributed by atoms with Gasteiger partial charge in [-0.2, -0.15) is 0 Å². The highest BCUT2D eigenvalue weighted by Gasteiger charge is 2.19. The molecule has 3 N–H and O–H groups in total. The van der Waals surface area contributed by atoms with Crippen LogP contribution in [-0.4, -0.2) is 62.9 Å². The number of likely N-dealkylation sites (N-methyl/N-ethyl adjacent to an activating group) is 1. The number of hydrogen-bond acceptors (Lipinski definition) is 4. The molecule has 0 aromatic heterocycles. The van der Waals surface area contributed by atoms with Gasteiger partial charge in [0.25, 0.3) is 0 Å². The Kier molecular flexibility index (Phi) is 6.67. The summed E-state index contributed by atoms with van der Waals surface area (Å²) in [6, 6.07) is 7.61. The number of rotatable bonds is 7. The molecular formula is C17H28N4O2. The maximum Gasteiger partial charge on any atom is 0.409 e. The molecule has 0 aliphatic carbocycles. The van der Waals surface area contributed by atoms with E-state index >= 15 is 0 Å². The molecule has 1 aliphatic rings. The lowest BCUT2D eigenvalue weighted by Crippen LogP contribution is -2.38. The Hall–Kier alpha value is -1.79. The van der Waals surface area contributed by atoms with Gasteiger partial charge in [-0.3, -0.25) is 5.32 Å². The first kappa shape index (κ1) is 17.6. The number of carboxylic acid groups (broad SMARTS) is 1. The topological polar surface area (TPSA) is 67.8 Å². The van der Waals surface area contributed by atoms with Gasteiger partial charge in [0.1, 0.15) is 0 Å². The van der Waals surface area contributed by atoms with Gasteiger partial charge in [0.2, 0.25) is 0 Å². The molecule has 1 aromatic rings. The van der Waals surface area contributed by atoms with E-state index in [9.17, 15) is 4.79 Å². The second-order valence-electron chi connectivity index (χ2n) is 6.41. The van der Waals surface area contributed by atoms with Gasteiger partial charge in [-0.1, -0.05) is 0 Å². The number of benzene rings is 1. The number of nitrogens with zero attached hydrogens (tertiary/aromatic N) is 2. The average Bonchev–Trinajstić information content (AvgIpc) is 2.52. The van der Waals surface area contributed by atoms with Crippen molar-refractivity contribution in [2.24, 2.45) is 5.92 Å². The molecule has 1 aliphatic heterocycles. The van der Waals surface area contributed by atoms with E-state index in [4.69, 9.17) is 5.11 Å². The van der Waals surface area contributed by atoms with E-state index in [2.05, 4.69) is 34.5 Å². The van der Waals surface area contributed by atoms with E-state index in [-0.39, 0.29) is 0 Å². The lowest BCUT2D eigenvalue weighted by molar-refractivity contribution is 0.210. The fourth-order valence-electron chi connectivity index (χ4n) is 2.88. The van der Waals surface area contributed by atoms with Gasteiger partial charge in [-0.25, -0.2) is 4.79 Å². The first-order chi connectivity index (χ1) is 11.0.